The Bertz CT molecular complexity index is 1230. The fourth-order valence-corrected chi connectivity index (χ4v) is 5.45. The summed E-state index contributed by atoms with van der Waals surface area (Å²) in [6.45, 7) is 2.05. The third-order valence-electron chi connectivity index (χ3n) is 7.27. The molecule has 0 aromatic heterocycles. The molecule has 4 rings (SSSR count). The molecule has 1 saturated carbocycles. The van der Waals surface area contributed by atoms with E-state index in [0.717, 1.165) is 37.7 Å². The third kappa shape index (κ3) is 8.48. The second-order valence-electron chi connectivity index (χ2n) is 10.1. The fourth-order valence-electron chi connectivity index (χ4n) is 4.98. The van der Waals surface area contributed by atoms with Crippen LogP contribution in [0.5, 0.6) is 5.75 Å². The molecule has 5 nitrogen and oxygen atoms in total. The molecule has 3 aromatic carbocycles. The van der Waals surface area contributed by atoms with E-state index >= 15 is 0 Å². The summed E-state index contributed by atoms with van der Waals surface area (Å²) in [5, 5.41) is 4.20. The normalized spacial score (nSPS) is 14.4. The van der Waals surface area contributed by atoms with E-state index in [0.29, 0.717) is 27.8 Å². The number of carbonyl (C=O) groups is 2. The molecule has 0 unspecified atom stereocenters. The lowest BCUT2D eigenvalue weighted by atomic mass is 9.94. The minimum atomic E-state index is -0.736. The van der Waals surface area contributed by atoms with Crippen LogP contribution in [0.2, 0.25) is 10.0 Å². The summed E-state index contributed by atoms with van der Waals surface area (Å²) in [5.74, 6) is 0.160. The van der Waals surface area contributed by atoms with Crippen molar-refractivity contribution in [3.63, 3.8) is 0 Å². The molecule has 206 valence electrons. The lowest BCUT2D eigenvalue weighted by Crippen LogP contribution is -2.53. The molecule has 0 saturated heterocycles. The van der Waals surface area contributed by atoms with Gasteiger partial charge >= 0.3 is 0 Å². The maximum Gasteiger partial charge on any atom is 0.261 e. The van der Waals surface area contributed by atoms with Crippen molar-refractivity contribution in [3.8, 4) is 5.75 Å². The van der Waals surface area contributed by atoms with Crippen molar-refractivity contribution >= 4 is 35.0 Å². The molecule has 0 aliphatic heterocycles. The van der Waals surface area contributed by atoms with E-state index in [2.05, 4.69) is 12.2 Å². The van der Waals surface area contributed by atoms with Gasteiger partial charge in [0.15, 0.2) is 6.61 Å². The first kappa shape index (κ1) is 29.0. The Morgan fingerprint density at radius 1 is 0.949 bits per heavy atom. The average Bonchev–Trinajstić information content (AvgIpc) is 2.96. The molecule has 3 aromatic rings. The highest BCUT2D eigenvalue weighted by Crippen LogP contribution is 2.25. The smallest absolute Gasteiger partial charge is 0.261 e. The van der Waals surface area contributed by atoms with Gasteiger partial charge in [-0.05, 0) is 60.2 Å². The number of ether oxygens (including phenoxy) is 1. The Labute approximate surface area is 241 Å². The largest absolute Gasteiger partial charge is 0.484 e. The maximum atomic E-state index is 13.8. The van der Waals surface area contributed by atoms with E-state index in [4.69, 9.17) is 27.9 Å². The molecular formula is C32H36Cl2N2O3. The zero-order valence-corrected chi connectivity index (χ0v) is 23.9. The molecule has 2 amide bonds. The van der Waals surface area contributed by atoms with Gasteiger partial charge in [-0.25, -0.2) is 0 Å². The molecule has 0 spiro atoms. The van der Waals surface area contributed by atoms with Gasteiger partial charge in [-0.15, -0.1) is 0 Å². The van der Waals surface area contributed by atoms with Crippen LogP contribution in [0.25, 0.3) is 0 Å². The zero-order valence-electron chi connectivity index (χ0n) is 22.4. The van der Waals surface area contributed by atoms with Crippen LogP contribution in [0.3, 0.4) is 0 Å². The van der Waals surface area contributed by atoms with Crippen LogP contribution in [-0.2, 0) is 29.0 Å². The van der Waals surface area contributed by atoms with E-state index < -0.39 is 6.04 Å². The van der Waals surface area contributed by atoms with E-state index in [1.807, 2.05) is 54.6 Å². The minimum Gasteiger partial charge on any atom is -0.484 e. The van der Waals surface area contributed by atoms with Gasteiger partial charge in [0, 0.05) is 29.1 Å². The highest BCUT2D eigenvalue weighted by atomic mass is 35.5. The van der Waals surface area contributed by atoms with Crippen molar-refractivity contribution < 1.29 is 14.3 Å². The van der Waals surface area contributed by atoms with E-state index in [1.165, 1.54) is 12.0 Å². The number of nitrogens with zero attached hydrogens (tertiary/aromatic N) is 1. The molecule has 0 radical (unpaired) electrons. The number of halogens is 2. The highest BCUT2D eigenvalue weighted by molar-refractivity contribution is 6.35. The van der Waals surface area contributed by atoms with Gasteiger partial charge in [-0.1, -0.05) is 97.9 Å². The van der Waals surface area contributed by atoms with Crippen LogP contribution < -0.4 is 10.1 Å². The number of hydrogen-bond acceptors (Lipinski definition) is 3. The van der Waals surface area contributed by atoms with Gasteiger partial charge in [0.2, 0.25) is 5.91 Å². The standard InChI is InChI=1S/C32H36Cl2N2O3/c1-2-23-13-17-28(18-14-23)39-22-31(37)36(21-25-15-16-26(33)20-29(25)34)30(19-24-9-5-3-6-10-24)32(38)35-27-11-7-4-8-12-27/h3,5-6,9-10,13-18,20,27,30H,2,4,7-8,11-12,19,21-22H2,1H3,(H,35,38)/t30-/m0/s1. The number of hydrogen-bond donors (Lipinski definition) is 1. The predicted octanol–water partition coefficient (Wildman–Crippen LogP) is 7.02. The van der Waals surface area contributed by atoms with Crippen LogP contribution >= 0.6 is 23.2 Å². The second-order valence-corrected chi connectivity index (χ2v) is 10.9. The topological polar surface area (TPSA) is 58.6 Å². The van der Waals surface area contributed by atoms with Crippen molar-refractivity contribution in [3.05, 3.63) is 99.5 Å². The highest BCUT2D eigenvalue weighted by Gasteiger charge is 2.32. The molecule has 7 heteroatoms. The summed E-state index contributed by atoms with van der Waals surface area (Å²) in [4.78, 5) is 29.2. The van der Waals surface area contributed by atoms with Crippen molar-refractivity contribution in [2.75, 3.05) is 6.61 Å². The Hall–Kier alpha value is -3.02. The number of amides is 2. The van der Waals surface area contributed by atoms with Gasteiger partial charge in [-0.2, -0.15) is 0 Å². The Kier molecular flexibility index (Phi) is 10.7. The predicted molar refractivity (Wildman–Crippen MR) is 157 cm³/mol. The summed E-state index contributed by atoms with van der Waals surface area (Å²) >= 11 is 12.7. The molecule has 1 N–H and O–H groups in total. The van der Waals surface area contributed by atoms with Crippen LogP contribution in [0.1, 0.15) is 55.7 Å². The number of benzene rings is 3. The van der Waals surface area contributed by atoms with E-state index in [1.54, 1.807) is 23.1 Å². The quantitative estimate of drug-likeness (QED) is 0.271. The van der Waals surface area contributed by atoms with Gasteiger partial charge in [0.25, 0.3) is 5.91 Å². The Morgan fingerprint density at radius 3 is 2.33 bits per heavy atom. The molecule has 0 heterocycles. The summed E-state index contributed by atoms with van der Waals surface area (Å²) in [6, 6.07) is 22.1. The molecule has 39 heavy (non-hydrogen) atoms. The number of aryl methyl sites for hydroxylation is 1. The van der Waals surface area contributed by atoms with Gasteiger partial charge < -0.3 is 15.0 Å². The molecule has 1 aliphatic carbocycles. The van der Waals surface area contributed by atoms with Crippen LogP contribution in [0, 0.1) is 0 Å². The lowest BCUT2D eigenvalue weighted by Gasteiger charge is -2.33. The van der Waals surface area contributed by atoms with Crippen LogP contribution in [-0.4, -0.2) is 35.4 Å². The van der Waals surface area contributed by atoms with E-state index in [-0.39, 0.29) is 31.0 Å². The first-order valence-electron chi connectivity index (χ1n) is 13.7. The summed E-state index contributed by atoms with van der Waals surface area (Å²) in [6.07, 6.45) is 6.60. The first-order chi connectivity index (χ1) is 18.9. The number of rotatable bonds is 11. The third-order valence-corrected chi connectivity index (χ3v) is 7.86. The molecule has 0 bridgehead atoms. The van der Waals surface area contributed by atoms with Crippen molar-refractivity contribution in [2.45, 2.75) is 70.5 Å². The van der Waals surface area contributed by atoms with Crippen molar-refractivity contribution in [2.24, 2.45) is 0 Å². The number of nitrogens with one attached hydrogen (secondary N) is 1. The molecule has 1 fully saturated rings. The van der Waals surface area contributed by atoms with Gasteiger partial charge in [0.1, 0.15) is 11.8 Å². The second kappa shape index (κ2) is 14.4. The molecule has 1 aliphatic rings. The first-order valence-corrected chi connectivity index (χ1v) is 14.5. The Balaban J connectivity index is 1.62. The number of carbonyl (C=O) groups excluding carboxylic acids is 2. The van der Waals surface area contributed by atoms with Gasteiger partial charge in [0.05, 0.1) is 0 Å². The SMILES string of the molecule is CCc1ccc(OCC(=O)N(Cc2ccc(Cl)cc2Cl)[C@@H](Cc2ccccc2)C(=O)NC2CCCCC2)cc1. The average molecular weight is 568 g/mol. The Morgan fingerprint density at radius 2 is 1.67 bits per heavy atom. The van der Waals surface area contributed by atoms with Crippen LogP contribution in [0.4, 0.5) is 0 Å². The fraction of sp³-hybridized carbons (Fsp3) is 0.375. The van der Waals surface area contributed by atoms with E-state index in [9.17, 15) is 9.59 Å². The lowest BCUT2D eigenvalue weighted by molar-refractivity contribution is -0.143. The zero-order chi connectivity index (χ0) is 27.6. The van der Waals surface area contributed by atoms with Gasteiger partial charge in [-0.3, -0.25) is 9.59 Å². The minimum absolute atomic E-state index is 0.119. The molecule has 1 atom stereocenters. The maximum absolute atomic E-state index is 13.8. The van der Waals surface area contributed by atoms with Crippen molar-refractivity contribution in [1.29, 1.82) is 0 Å². The summed E-state index contributed by atoms with van der Waals surface area (Å²) in [7, 11) is 0. The van der Waals surface area contributed by atoms with Crippen molar-refractivity contribution in [1.82, 2.24) is 10.2 Å². The monoisotopic (exact) mass is 566 g/mol. The summed E-state index contributed by atoms with van der Waals surface area (Å²) < 4.78 is 5.89. The van der Waals surface area contributed by atoms with Crippen LogP contribution in [0.15, 0.2) is 72.8 Å². The molecular weight excluding hydrogens is 531 g/mol. The summed E-state index contributed by atoms with van der Waals surface area (Å²) in [5.41, 5.74) is 2.87.